The quantitative estimate of drug-likeness (QED) is 0.899. The SMILES string of the molecule is Cc1cc(C(=O)N2CC[C@H](F)C2)cc(N2CCNCC2)c1. The molecule has 0 bridgehead atoms. The van der Waals surface area contributed by atoms with E-state index in [4.69, 9.17) is 0 Å². The summed E-state index contributed by atoms with van der Waals surface area (Å²) >= 11 is 0. The molecule has 2 aliphatic rings. The molecule has 0 unspecified atom stereocenters. The highest BCUT2D eigenvalue weighted by atomic mass is 19.1. The number of benzene rings is 1. The molecule has 114 valence electrons. The maximum Gasteiger partial charge on any atom is 0.254 e. The van der Waals surface area contributed by atoms with E-state index in [1.807, 2.05) is 19.1 Å². The van der Waals surface area contributed by atoms with Gasteiger partial charge in [-0.3, -0.25) is 4.79 Å². The lowest BCUT2D eigenvalue weighted by Crippen LogP contribution is -2.43. The lowest BCUT2D eigenvalue weighted by atomic mass is 10.1. The molecule has 2 saturated heterocycles. The monoisotopic (exact) mass is 291 g/mol. The Kier molecular flexibility index (Phi) is 4.10. The Labute approximate surface area is 124 Å². The molecule has 2 fully saturated rings. The third-order valence-electron chi connectivity index (χ3n) is 4.21. The van der Waals surface area contributed by atoms with Crippen LogP contribution < -0.4 is 10.2 Å². The third-order valence-corrected chi connectivity index (χ3v) is 4.21. The summed E-state index contributed by atoms with van der Waals surface area (Å²) in [4.78, 5) is 16.4. The van der Waals surface area contributed by atoms with Crippen molar-refractivity contribution in [2.75, 3.05) is 44.2 Å². The number of amides is 1. The Balaban J connectivity index is 1.81. The van der Waals surface area contributed by atoms with E-state index in [9.17, 15) is 9.18 Å². The fourth-order valence-corrected chi connectivity index (χ4v) is 3.08. The molecule has 5 heteroatoms. The van der Waals surface area contributed by atoms with Gasteiger partial charge < -0.3 is 15.1 Å². The van der Waals surface area contributed by atoms with Crippen LogP contribution in [-0.4, -0.2) is 56.2 Å². The summed E-state index contributed by atoms with van der Waals surface area (Å²) in [5.41, 5.74) is 2.85. The van der Waals surface area contributed by atoms with Crippen molar-refractivity contribution >= 4 is 11.6 Å². The second-order valence-corrected chi connectivity index (χ2v) is 5.93. The lowest BCUT2D eigenvalue weighted by Gasteiger charge is -2.30. The third kappa shape index (κ3) is 3.18. The molecule has 1 aromatic rings. The van der Waals surface area contributed by atoms with Crippen LogP contribution in [0.5, 0.6) is 0 Å². The van der Waals surface area contributed by atoms with Gasteiger partial charge in [0.1, 0.15) is 6.17 Å². The van der Waals surface area contributed by atoms with Crippen molar-refractivity contribution in [3.8, 4) is 0 Å². The number of carbonyl (C=O) groups is 1. The summed E-state index contributed by atoms with van der Waals surface area (Å²) in [7, 11) is 0. The number of hydrogen-bond donors (Lipinski definition) is 1. The van der Waals surface area contributed by atoms with E-state index in [0.29, 0.717) is 18.5 Å². The number of hydrogen-bond acceptors (Lipinski definition) is 3. The number of nitrogens with zero attached hydrogens (tertiary/aromatic N) is 2. The second kappa shape index (κ2) is 6.02. The van der Waals surface area contributed by atoms with Gasteiger partial charge >= 0.3 is 0 Å². The van der Waals surface area contributed by atoms with Crippen LogP contribution in [0.25, 0.3) is 0 Å². The second-order valence-electron chi connectivity index (χ2n) is 5.93. The predicted molar refractivity (Wildman–Crippen MR) is 81.7 cm³/mol. The van der Waals surface area contributed by atoms with Gasteiger partial charge in [0.25, 0.3) is 5.91 Å². The maximum atomic E-state index is 13.3. The van der Waals surface area contributed by atoms with E-state index in [1.165, 1.54) is 0 Å². The molecule has 0 aromatic heterocycles. The van der Waals surface area contributed by atoms with E-state index >= 15 is 0 Å². The number of carbonyl (C=O) groups excluding carboxylic acids is 1. The molecular weight excluding hydrogens is 269 g/mol. The van der Waals surface area contributed by atoms with Crippen molar-refractivity contribution in [1.29, 1.82) is 0 Å². The number of alkyl halides is 1. The number of rotatable bonds is 2. The van der Waals surface area contributed by atoms with Crippen LogP contribution >= 0.6 is 0 Å². The highest BCUT2D eigenvalue weighted by Gasteiger charge is 2.27. The standard InChI is InChI=1S/C16H22FN3O/c1-12-8-13(16(21)20-5-2-14(17)11-20)10-15(9-12)19-6-3-18-4-7-19/h8-10,14,18H,2-7,11H2,1H3/t14-/m0/s1. The first-order valence-electron chi connectivity index (χ1n) is 7.64. The van der Waals surface area contributed by atoms with Crippen LogP contribution in [0.4, 0.5) is 10.1 Å². The van der Waals surface area contributed by atoms with Gasteiger partial charge in [-0.25, -0.2) is 4.39 Å². The highest BCUT2D eigenvalue weighted by molar-refractivity contribution is 5.95. The van der Waals surface area contributed by atoms with E-state index < -0.39 is 6.17 Å². The summed E-state index contributed by atoms with van der Waals surface area (Å²) in [6, 6.07) is 5.97. The first-order chi connectivity index (χ1) is 10.1. The summed E-state index contributed by atoms with van der Waals surface area (Å²) in [6.07, 6.45) is -0.409. The van der Waals surface area contributed by atoms with Crippen LogP contribution in [0.3, 0.4) is 0 Å². The first kappa shape index (κ1) is 14.3. The average molecular weight is 291 g/mol. The van der Waals surface area contributed by atoms with E-state index in [2.05, 4.69) is 16.3 Å². The molecule has 2 aliphatic heterocycles. The molecule has 3 rings (SSSR count). The molecule has 2 heterocycles. The summed E-state index contributed by atoms with van der Waals surface area (Å²) in [5.74, 6) is -0.0461. The summed E-state index contributed by atoms with van der Waals surface area (Å²) < 4.78 is 13.3. The predicted octanol–water partition coefficient (Wildman–Crippen LogP) is 1.59. The summed E-state index contributed by atoms with van der Waals surface area (Å²) in [5, 5.41) is 3.33. The number of likely N-dealkylation sites (tertiary alicyclic amines) is 1. The van der Waals surface area contributed by atoms with Crippen LogP contribution in [-0.2, 0) is 0 Å². The van der Waals surface area contributed by atoms with Crippen molar-refractivity contribution in [2.45, 2.75) is 19.5 Å². The average Bonchev–Trinajstić information content (AvgIpc) is 2.93. The smallest absolute Gasteiger partial charge is 0.254 e. The maximum absolute atomic E-state index is 13.3. The minimum absolute atomic E-state index is 0.0461. The van der Waals surface area contributed by atoms with Gasteiger partial charge in [0.05, 0.1) is 6.54 Å². The van der Waals surface area contributed by atoms with E-state index in [1.54, 1.807) is 4.90 Å². The van der Waals surface area contributed by atoms with Gasteiger partial charge in [-0.15, -0.1) is 0 Å². The number of anilines is 1. The summed E-state index contributed by atoms with van der Waals surface area (Å²) in [6.45, 7) is 6.59. The molecule has 21 heavy (non-hydrogen) atoms. The topological polar surface area (TPSA) is 35.6 Å². The van der Waals surface area contributed by atoms with Gasteiger partial charge in [0, 0.05) is 44.0 Å². The molecule has 0 spiro atoms. The Bertz CT molecular complexity index is 528. The van der Waals surface area contributed by atoms with Crippen LogP contribution in [0.1, 0.15) is 22.3 Å². The van der Waals surface area contributed by atoms with Crippen molar-refractivity contribution in [1.82, 2.24) is 10.2 Å². The minimum Gasteiger partial charge on any atom is -0.369 e. The van der Waals surface area contributed by atoms with Crippen LogP contribution in [0, 0.1) is 6.92 Å². The molecule has 1 N–H and O–H groups in total. The largest absolute Gasteiger partial charge is 0.369 e. The molecule has 4 nitrogen and oxygen atoms in total. The Morgan fingerprint density at radius 2 is 2.00 bits per heavy atom. The van der Waals surface area contributed by atoms with Gasteiger partial charge in [-0.05, 0) is 37.1 Å². The van der Waals surface area contributed by atoms with Gasteiger partial charge in [0.2, 0.25) is 0 Å². The van der Waals surface area contributed by atoms with Crippen LogP contribution in [0.15, 0.2) is 18.2 Å². The molecular formula is C16H22FN3O. The Morgan fingerprint density at radius 3 is 2.67 bits per heavy atom. The van der Waals surface area contributed by atoms with Gasteiger partial charge in [0.15, 0.2) is 0 Å². The fraction of sp³-hybridized carbons (Fsp3) is 0.562. The molecule has 0 saturated carbocycles. The van der Waals surface area contributed by atoms with Crippen molar-refractivity contribution < 1.29 is 9.18 Å². The zero-order valence-electron chi connectivity index (χ0n) is 12.4. The molecule has 1 amide bonds. The van der Waals surface area contributed by atoms with Gasteiger partial charge in [-0.1, -0.05) is 0 Å². The normalized spacial score (nSPS) is 22.7. The van der Waals surface area contributed by atoms with Crippen LogP contribution in [0.2, 0.25) is 0 Å². The molecule has 1 atom stereocenters. The number of piperazine rings is 1. The number of halogens is 1. The zero-order valence-corrected chi connectivity index (χ0v) is 12.4. The Morgan fingerprint density at radius 1 is 1.24 bits per heavy atom. The zero-order chi connectivity index (χ0) is 14.8. The van der Waals surface area contributed by atoms with Crippen molar-refractivity contribution in [3.05, 3.63) is 29.3 Å². The molecule has 0 radical (unpaired) electrons. The molecule has 0 aliphatic carbocycles. The van der Waals surface area contributed by atoms with Crippen molar-refractivity contribution in [2.24, 2.45) is 0 Å². The van der Waals surface area contributed by atoms with Crippen molar-refractivity contribution in [3.63, 3.8) is 0 Å². The lowest BCUT2D eigenvalue weighted by molar-refractivity contribution is 0.0783. The number of aryl methyl sites for hydroxylation is 1. The highest BCUT2D eigenvalue weighted by Crippen LogP contribution is 2.22. The van der Waals surface area contributed by atoms with Gasteiger partial charge in [-0.2, -0.15) is 0 Å². The van der Waals surface area contributed by atoms with E-state index in [-0.39, 0.29) is 12.5 Å². The van der Waals surface area contributed by atoms with E-state index in [0.717, 1.165) is 37.4 Å². The molecule has 1 aromatic carbocycles. The minimum atomic E-state index is -0.869. The Hall–Kier alpha value is -1.62. The first-order valence-corrected chi connectivity index (χ1v) is 7.64. The number of nitrogens with one attached hydrogen (secondary N) is 1. The fourth-order valence-electron chi connectivity index (χ4n) is 3.08.